The molecule has 0 bridgehead atoms. The van der Waals surface area contributed by atoms with Gasteiger partial charge in [-0.1, -0.05) is 69.9 Å². The molecule has 3 aromatic carbocycles. The van der Waals surface area contributed by atoms with Crippen molar-refractivity contribution in [3.05, 3.63) is 139 Å². The standard InChI is InChI=1S/C46H47N9O18/c1-23(56)63-21-32-37(66-25(3)58)39(67-26(4)59)34(52-55-49)45(68-32)72-36-31(51-54-48)20-30(50-53-47)35(65-24(2)57)40(36)73-46-41(71-44(62)29-18-12-7-13-19-29)38(70-43(61)28-16-10-6-11-17-28)33(69-46)22-64-42(60)27-14-8-5-9-15-27/h5-19,30-41,45-46H,20-22H2,1-4H3/t30-,31?,32?,33-,34?,35-,36-,37-,38?,39-,40?,41+,45-,46+/m1/s1. The molecule has 2 heterocycles. The van der Waals surface area contributed by atoms with Gasteiger partial charge >= 0.3 is 41.8 Å². The van der Waals surface area contributed by atoms with E-state index in [1.54, 1.807) is 54.6 Å². The van der Waals surface area contributed by atoms with Crippen molar-refractivity contribution in [3.8, 4) is 0 Å². The Morgan fingerprint density at radius 2 is 0.877 bits per heavy atom. The van der Waals surface area contributed by atoms with E-state index in [2.05, 4.69) is 30.1 Å². The van der Waals surface area contributed by atoms with Gasteiger partial charge in [0.1, 0.15) is 43.7 Å². The maximum Gasteiger partial charge on any atom is 0.338 e. The number of esters is 7. The van der Waals surface area contributed by atoms with Crippen molar-refractivity contribution in [2.75, 3.05) is 13.2 Å². The molecule has 6 rings (SSSR count). The Morgan fingerprint density at radius 3 is 1.37 bits per heavy atom. The van der Waals surface area contributed by atoms with Crippen LogP contribution in [0.2, 0.25) is 0 Å². The molecule has 2 saturated heterocycles. The van der Waals surface area contributed by atoms with E-state index in [-0.39, 0.29) is 16.7 Å². The summed E-state index contributed by atoms with van der Waals surface area (Å²) in [4.78, 5) is 100.0. The first-order chi connectivity index (χ1) is 35.1. The zero-order valence-electron chi connectivity index (χ0n) is 39.2. The van der Waals surface area contributed by atoms with E-state index < -0.39 is 147 Å². The normalized spacial score (nSPS) is 28.2. The Bertz CT molecular complexity index is 2620. The van der Waals surface area contributed by atoms with Crippen LogP contribution in [0.3, 0.4) is 0 Å². The SMILES string of the molecule is CC(=O)OCC1O[C@H](O[C@@H]2C(N=[N+]=[N-])C[C@@H](N=[N+]=[N-])[C@@H](OC(C)=O)C2O[C@@H]2O[C@H](COC(=O)c3ccccc3)C(OC(=O)c3ccccc3)[C@@H]2OC(=O)c2ccccc2)C(N=[N+]=[N-])[C@@H](OC(C)=O)[C@@H]1OC(C)=O. The summed E-state index contributed by atoms with van der Waals surface area (Å²) in [6, 6.07) is 18.3. The maximum atomic E-state index is 14.0. The first-order valence-electron chi connectivity index (χ1n) is 22.3. The van der Waals surface area contributed by atoms with E-state index >= 15 is 0 Å². The van der Waals surface area contributed by atoms with Gasteiger partial charge in [-0.15, -0.1) is 0 Å². The average molecular weight is 1010 g/mol. The second kappa shape index (κ2) is 25.7. The molecule has 3 aromatic rings. The number of hydrogen-bond acceptors (Lipinski definition) is 21. The van der Waals surface area contributed by atoms with Gasteiger partial charge in [0, 0.05) is 42.4 Å². The summed E-state index contributed by atoms with van der Waals surface area (Å²) >= 11 is 0. The lowest BCUT2D eigenvalue weighted by atomic mass is 9.83. The fraction of sp³-hybridized carbons (Fsp3) is 0.457. The Morgan fingerprint density at radius 1 is 0.466 bits per heavy atom. The van der Waals surface area contributed by atoms with Gasteiger partial charge in [0.2, 0.25) is 0 Å². The quantitative estimate of drug-likeness (QED) is 0.0482. The van der Waals surface area contributed by atoms with E-state index in [9.17, 15) is 50.2 Å². The Labute approximate surface area is 414 Å². The van der Waals surface area contributed by atoms with Gasteiger partial charge in [-0.3, -0.25) is 19.2 Å². The van der Waals surface area contributed by atoms with Crippen LogP contribution in [0, 0.1) is 0 Å². The number of hydrogen-bond donors (Lipinski definition) is 0. The lowest BCUT2D eigenvalue weighted by Crippen LogP contribution is -2.65. The third-order valence-electron chi connectivity index (χ3n) is 11.2. The van der Waals surface area contributed by atoms with E-state index in [0.717, 1.165) is 27.7 Å². The number of carbonyl (C=O) groups excluding carboxylic acids is 7. The molecule has 27 heteroatoms. The summed E-state index contributed by atoms with van der Waals surface area (Å²) in [5.74, 6) is -6.46. The number of rotatable bonds is 19. The number of azide groups is 3. The molecule has 73 heavy (non-hydrogen) atoms. The van der Waals surface area contributed by atoms with Crippen LogP contribution in [0.1, 0.15) is 65.2 Å². The van der Waals surface area contributed by atoms with Gasteiger partial charge in [0.25, 0.3) is 0 Å². The van der Waals surface area contributed by atoms with Crippen LogP contribution in [0.15, 0.2) is 106 Å². The van der Waals surface area contributed by atoms with Gasteiger partial charge in [-0.2, -0.15) is 0 Å². The Balaban J connectivity index is 1.49. The summed E-state index contributed by atoms with van der Waals surface area (Å²) in [7, 11) is 0. The van der Waals surface area contributed by atoms with Gasteiger partial charge < -0.3 is 52.1 Å². The number of nitrogens with zero attached hydrogens (tertiary/aromatic N) is 9. The molecule has 1 aliphatic carbocycles. The molecule has 3 fully saturated rings. The van der Waals surface area contributed by atoms with Crippen LogP contribution in [0.5, 0.6) is 0 Å². The molecule has 0 aromatic heterocycles. The minimum absolute atomic E-state index is 0.00749. The fourth-order valence-corrected chi connectivity index (χ4v) is 8.20. The van der Waals surface area contributed by atoms with Crippen molar-refractivity contribution in [2.24, 2.45) is 15.3 Å². The first kappa shape index (κ1) is 54.1. The summed E-state index contributed by atoms with van der Waals surface area (Å²) in [6.45, 7) is 2.74. The van der Waals surface area contributed by atoms with E-state index in [0.29, 0.717) is 0 Å². The predicted octanol–water partition coefficient (Wildman–Crippen LogP) is 5.31. The van der Waals surface area contributed by atoms with Crippen LogP contribution in [0.4, 0.5) is 0 Å². The minimum Gasteiger partial charge on any atom is -0.463 e. The Kier molecular flexibility index (Phi) is 19.0. The van der Waals surface area contributed by atoms with Gasteiger partial charge in [0.05, 0.1) is 34.9 Å². The Hall–Kier alpha value is -8.28. The lowest BCUT2D eigenvalue weighted by molar-refractivity contribution is -0.312. The number of ether oxygens (including phenoxy) is 11. The molecule has 3 aliphatic rings. The molecule has 27 nitrogen and oxygen atoms in total. The van der Waals surface area contributed by atoms with Crippen molar-refractivity contribution in [1.29, 1.82) is 0 Å². The first-order valence-corrected chi connectivity index (χ1v) is 22.3. The molecule has 2 aliphatic heterocycles. The molecule has 0 radical (unpaired) electrons. The summed E-state index contributed by atoms with van der Waals surface area (Å²) in [5.41, 5.74) is 29.7. The zero-order valence-corrected chi connectivity index (χ0v) is 39.2. The summed E-state index contributed by atoms with van der Waals surface area (Å²) in [5, 5.41) is 11.4. The van der Waals surface area contributed by atoms with E-state index in [1.807, 2.05) is 0 Å². The minimum atomic E-state index is -1.95. The van der Waals surface area contributed by atoms with E-state index in [4.69, 9.17) is 52.1 Å². The van der Waals surface area contributed by atoms with Crippen molar-refractivity contribution < 1.29 is 85.7 Å². The highest BCUT2D eigenvalue weighted by Gasteiger charge is 2.58. The lowest BCUT2D eigenvalue weighted by Gasteiger charge is -2.48. The van der Waals surface area contributed by atoms with E-state index in [1.165, 1.54) is 36.4 Å². The van der Waals surface area contributed by atoms with Crippen molar-refractivity contribution in [2.45, 2.75) is 120 Å². The second-order valence-corrected chi connectivity index (χ2v) is 16.2. The number of benzene rings is 3. The van der Waals surface area contributed by atoms with Crippen LogP contribution < -0.4 is 0 Å². The molecule has 0 N–H and O–H groups in total. The van der Waals surface area contributed by atoms with Crippen LogP contribution >= 0.6 is 0 Å². The van der Waals surface area contributed by atoms with Crippen molar-refractivity contribution in [3.63, 3.8) is 0 Å². The molecule has 14 atom stereocenters. The highest BCUT2D eigenvalue weighted by Crippen LogP contribution is 2.40. The molecular formula is C46H47N9O18. The smallest absolute Gasteiger partial charge is 0.338 e. The number of carbonyl (C=O) groups is 7. The molecule has 1 saturated carbocycles. The van der Waals surface area contributed by atoms with Crippen molar-refractivity contribution >= 4 is 41.8 Å². The fourth-order valence-electron chi connectivity index (χ4n) is 8.20. The van der Waals surface area contributed by atoms with Crippen LogP contribution in [0.25, 0.3) is 31.3 Å². The molecular weight excluding hydrogens is 967 g/mol. The third kappa shape index (κ3) is 14.2. The topological polar surface area (TPSA) is 367 Å². The molecule has 384 valence electrons. The van der Waals surface area contributed by atoms with Crippen LogP contribution in [-0.4, -0.2) is 141 Å². The van der Waals surface area contributed by atoms with Gasteiger partial charge in [0.15, 0.2) is 37.0 Å². The molecule has 0 spiro atoms. The summed E-state index contributed by atoms with van der Waals surface area (Å²) in [6.07, 6.45) is -19.7. The summed E-state index contributed by atoms with van der Waals surface area (Å²) < 4.78 is 65.3. The highest BCUT2D eigenvalue weighted by atomic mass is 16.8. The van der Waals surface area contributed by atoms with Gasteiger partial charge in [-0.05, 0) is 59.4 Å². The predicted molar refractivity (Wildman–Crippen MR) is 242 cm³/mol. The molecule has 5 unspecified atom stereocenters. The third-order valence-corrected chi connectivity index (χ3v) is 11.2. The largest absolute Gasteiger partial charge is 0.463 e. The highest BCUT2D eigenvalue weighted by molar-refractivity contribution is 5.91. The zero-order chi connectivity index (χ0) is 52.6. The average Bonchev–Trinajstić information content (AvgIpc) is 3.67. The monoisotopic (exact) mass is 1010 g/mol. The van der Waals surface area contributed by atoms with Gasteiger partial charge in [-0.25, -0.2) is 14.4 Å². The molecule has 0 amide bonds. The maximum absolute atomic E-state index is 14.0. The van der Waals surface area contributed by atoms with Crippen LogP contribution in [-0.2, 0) is 71.3 Å². The second-order valence-electron chi connectivity index (χ2n) is 16.2. The van der Waals surface area contributed by atoms with Crippen molar-refractivity contribution in [1.82, 2.24) is 0 Å².